The molecule has 1 aromatic carbocycles. The van der Waals surface area contributed by atoms with Crippen LogP contribution >= 0.6 is 0 Å². The lowest BCUT2D eigenvalue weighted by atomic mass is 9.73. The Hall–Kier alpha value is -1.31. The first-order chi connectivity index (χ1) is 8.03. The van der Waals surface area contributed by atoms with Crippen LogP contribution in [0.25, 0.3) is 0 Å². The van der Waals surface area contributed by atoms with E-state index in [2.05, 4.69) is 13.8 Å². The smallest absolute Gasteiger partial charge is 0.314 e. The zero-order valence-corrected chi connectivity index (χ0v) is 10.9. The zero-order valence-electron chi connectivity index (χ0n) is 10.9. The van der Waals surface area contributed by atoms with Crippen molar-refractivity contribution in [3.05, 3.63) is 35.9 Å². The van der Waals surface area contributed by atoms with Gasteiger partial charge in [0.1, 0.15) is 0 Å². The molecule has 2 nitrogen and oxygen atoms in total. The fourth-order valence-corrected chi connectivity index (χ4v) is 2.20. The van der Waals surface area contributed by atoms with Gasteiger partial charge in [0.05, 0.1) is 5.41 Å². The van der Waals surface area contributed by atoms with Crippen molar-refractivity contribution in [2.45, 2.75) is 45.4 Å². The molecule has 0 saturated carbocycles. The predicted molar refractivity (Wildman–Crippen MR) is 70.1 cm³/mol. The molecule has 0 spiro atoms. The van der Waals surface area contributed by atoms with Crippen LogP contribution in [0.5, 0.6) is 0 Å². The molecule has 0 radical (unpaired) electrons. The van der Waals surface area contributed by atoms with Gasteiger partial charge >= 0.3 is 5.97 Å². The second-order valence-electron chi connectivity index (χ2n) is 5.04. The second-order valence-corrected chi connectivity index (χ2v) is 5.04. The Labute approximate surface area is 104 Å². The summed E-state index contributed by atoms with van der Waals surface area (Å²) in [5, 5.41) is 9.59. The van der Waals surface area contributed by atoms with E-state index in [1.165, 1.54) is 0 Å². The molecule has 2 heteroatoms. The Kier molecular flexibility index (Phi) is 4.73. The summed E-state index contributed by atoms with van der Waals surface area (Å²) < 4.78 is 0. The number of carbonyl (C=O) groups is 1. The summed E-state index contributed by atoms with van der Waals surface area (Å²) in [6.07, 6.45) is 2.29. The van der Waals surface area contributed by atoms with Crippen LogP contribution in [0.2, 0.25) is 0 Å². The molecular weight excluding hydrogens is 212 g/mol. The summed E-state index contributed by atoms with van der Waals surface area (Å²) in [6.45, 7) is 6.22. The largest absolute Gasteiger partial charge is 0.481 e. The van der Waals surface area contributed by atoms with E-state index < -0.39 is 11.4 Å². The van der Waals surface area contributed by atoms with Crippen LogP contribution in [0.4, 0.5) is 0 Å². The molecule has 0 amide bonds. The highest BCUT2D eigenvalue weighted by molar-refractivity contribution is 5.81. The van der Waals surface area contributed by atoms with Gasteiger partial charge in [-0.1, -0.05) is 51.1 Å². The van der Waals surface area contributed by atoms with Gasteiger partial charge in [0.2, 0.25) is 0 Å². The SMILES string of the molecule is CCC(CCC(C)C)(C(=O)O)c1ccccc1. The highest BCUT2D eigenvalue weighted by Gasteiger charge is 2.37. The molecule has 1 aromatic rings. The van der Waals surface area contributed by atoms with Crippen molar-refractivity contribution in [2.75, 3.05) is 0 Å². The normalized spacial score (nSPS) is 14.6. The number of aliphatic carboxylic acids is 1. The molecule has 17 heavy (non-hydrogen) atoms. The molecule has 0 saturated heterocycles. The lowest BCUT2D eigenvalue weighted by molar-refractivity contribution is -0.144. The van der Waals surface area contributed by atoms with Gasteiger partial charge in [0, 0.05) is 0 Å². The van der Waals surface area contributed by atoms with Gasteiger partial charge < -0.3 is 5.11 Å². The van der Waals surface area contributed by atoms with Crippen LogP contribution in [0.1, 0.15) is 45.6 Å². The van der Waals surface area contributed by atoms with Gasteiger partial charge in [-0.25, -0.2) is 0 Å². The van der Waals surface area contributed by atoms with Gasteiger partial charge in [0.15, 0.2) is 0 Å². The Balaban J connectivity index is 3.05. The van der Waals surface area contributed by atoms with Crippen LogP contribution in [0, 0.1) is 5.92 Å². The first-order valence-corrected chi connectivity index (χ1v) is 6.32. The van der Waals surface area contributed by atoms with Gasteiger partial charge in [-0.2, -0.15) is 0 Å². The van der Waals surface area contributed by atoms with Crippen LogP contribution in [0.3, 0.4) is 0 Å². The number of benzene rings is 1. The van der Waals surface area contributed by atoms with Gasteiger partial charge in [-0.3, -0.25) is 4.79 Å². The summed E-state index contributed by atoms with van der Waals surface area (Å²) in [7, 11) is 0. The predicted octanol–water partition coefficient (Wildman–Crippen LogP) is 3.86. The maximum Gasteiger partial charge on any atom is 0.314 e. The highest BCUT2D eigenvalue weighted by Crippen LogP contribution is 2.34. The molecule has 1 N–H and O–H groups in total. The highest BCUT2D eigenvalue weighted by atomic mass is 16.4. The molecule has 0 aliphatic heterocycles. The van der Waals surface area contributed by atoms with Crippen LogP contribution in [-0.2, 0) is 10.2 Å². The van der Waals surface area contributed by atoms with Crippen molar-refractivity contribution in [3.63, 3.8) is 0 Å². The molecule has 0 bridgehead atoms. The Morgan fingerprint density at radius 1 is 1.29 bits per heavy atom. The molecule has 0 fully saturated rings. The van der Waals surface area contributed by atoms with E-state index in [1.54, 1.807) is 0 Å². The Morgan fingerprint density at radius 3 is 2.29 bits per heavy atom. The van der Waals surface area contributed by atoms with E-state index in [9.17, 15) is 9.90 Å². The third-order valence-corrected chi connectivity index (χ3v) is 3.49. The molecule has 94 valence electrons. The minimum absolute atomic E-state index is 0.531. The number of rotatable bonds is 6. The van der Waals surface area contributed by atoms with E-state index in [0.29, 0.717) is 18.8 Å². The van der Waals surface area contributed by atoms with Crippen LogP contribution in [0.15, 0.2) is 30.3 Å². The average molecular weight is 234 g/mol. The fraction of sp³-hybridized carbons (Fsp3) is 0.533. The third-order valence-electron chi connectivity index (χ3n) is 3.49. The minimum atomic E-state index is -0.717. The Bertz CT molecular complexity index is 356. The van der Waals surface area contributed by atoms with Crippen molar-refractivity contribution in [2.24, 2.45) is 5.92 Å². The Morgan fingerprint density at radius 2 is 1.88 bits per heavy atom. The van der Waals surface area contributed by atoms with Crippen molar-refractivity contribution in [1.29, 1.82) is 0 Å². The van der Waals surface area contributed by atoms with Gasteiger partial charge in [-0.05, 0) is 30.7 Å². The van der Waals surface area contributed by atoms with Crippen LogP contribution < -0.4 is 0 Å². The molecule has 0 heterocycles. The van der Waals surface area contributed by atoms with E-state index >= 15 is 0 Å². The number of hydrogen-bond donors (Lipinski definition) is 1. The summed E-state index contributed by atoms with van der Waals surface area (Å²) in [4.78, 5) is 11.7. The molecule has 1 atom stereocenters. The van der Waals surface area contributed by atoms with Crippen molar-refractivity contribution < 1.29 is 9.90 Å². The third kappa shape index (κ3) is 3.09. The van der Waals surface area contributed by atoms with E-state index in [1.807, 2.05) is 37.3 Å². The number of carboxylic acid groups (broad SMARTS) is 1. The average Bonchev–Trinajstić information content (AvgIpc) is 2.31. The second kappa shape index (κ2) is 5.85. The van der Waals surface area contributed by atoms with Crippen molar-refractivity contribution in [1.82, 2.24) is 0 Å². The van der Waals surface area contributed by atoms with Crippen molar-refractivity contribution >= 4 is 5.97 Å². The standard InChI is InChI=1S/C15H22O2/c1-4-15(14(16)17,11-10-12(2)3)13-8-6-5-7-9-13/h5-9,12H,4,10-11H2,1-3H3,(H,16,17). The summed E-state index contributed by atoms with van der Waals surface area (Å²) in [6, 6.07) is 9.61. The van der Waals surface area contributed by atoms with Crippen molar-refractivity contribution in [3.8, 4) is 0 Å². The van der Waals surface area contributed by atoms with E-state index in [-0.39, 0.29) is 0 Å². The van der Waals surface area contributed by atoms with E-state index in [4.69, 9.17) is 0 Å². The molecule has 1 rings (SSSR count). The summed E-state index contributed by atoms with van der Waals surface area (Å²) in [5.74, 6) is -0.171. The lowest BCUT2D eigenvalue weighted by Crippen LogP contribution is -2.35. The van der Waals surface area contributed by atoms with E-state index in [0.717, 1.165) is 12.0 Å². The summed E-state index contributed by atoms with van der Waals surface area (Å²) >= 11 is 0. The van der Waals surface area contributed by atoms with Crippen LogP contribution in [-0.4, -0.2) is 11.1 Å². The first kappa shape index (κ1) is 13.8. The van der Waals surface area contributed by atoms with Gasteiger partial charge in [0.25, 0.3) is 0 Å². The summed E-state index contributed by atoms with van der Waals surface area (Å²) in [5.41, 5.74) is 0.210. The first-order valence-electron chi connectivity index (χ1n) is 6.32. The minimum Gasteiger partial charge on any atom is -0.481 e. The maximum absolute atomic E-state index is 11.7. The monoisotopic (exact) mass is 234 g/mol. The topological polar surface area (TPSA) is 37.3 Å². The molecule has 1 unspecified atom stereocenters. The molecule has 0 aliphatic rings. The quantitative estimate of drug-likeness (QED) is 0.811. The fourth-order valence-electron chi connectivity index (χ4n) is 2.20. The zero-order chi connectivity index (χ0) is 12.9. The number of carboxylic acids is 1. The van der Waals surface area contributed by atoms with Gasteiger partial charge in [-0.15, -0.1) is 0 Å². The molecular formula is C15H22O2. The number of hydrogen-bond acceptors (Lipinski definition) is 1. The lowest BCUT2D eigenvalue weighted by Gasteiger charge is -2.29. The maximum atomic E-state index is 11.7. The molecule has 0 aliphatic carbocycles. The molecule has 0 aromatic heterocycles.